The first-order valence-corrected chi connectivity index (χ1v) is 13.0. The number of likely N-dealkylation sites (N-methyl/N-ethyl adjacent to an activating group) is 1. The highest BCUT2D eigenvalue weighted by molar-refractivity contribution is 7.92. The number of sulfonamides is 1. The van der Waals surface area contributed by atoms with Crippen molar-refractivity contribution in [2.75, 3.05) is 30.4 Å². The lowest BCUT2D eigenvalue weighted by atomic mass is 9.83. The van der Waals surface area contributed by atoms with Crippen LogP contribution in [0.25, 0.3) is 0 Å². The van der Waals surface area contributed by atoms with E-state index in [2.05, 4.69) is 4.72 Å². The molecule has 0 saturated carbocycles. The lowest BCUT2D eigenvalue weighted by Gasteiger charge is -2.23. The maximum atomic E-state index is 12.8. The fourth-order valence-electron chi connectivity index (χ4n) is 4.38. The second kappa shape index (κ2) is 10.1. The second-order valence-electron chi connectivity index (χ2n) is 9.10. The third kappa shape index (κ3) is 5.22. The predicted molar refractivity (Wildman–Crippen MR) is 141 cm³/mol. The molecule has 9 heteroatoms. The topological polar surface area (TPSA) is 102 Å². The van der Waals surface area contributed by atoms with Crippen LogP contribution in [0.5, 0.6) is 5.75 Å². The van der Waals surface area contributed by atoms with Gasteiger partial charge in [-0.25, -0.2) is 13.2 Å². The minimum atomic E-state index is -3.92. The highest BCUT2D eigenvalue weighted by atomic mass is 32.2. The molecule has 0 aromatic heterocycles. The van der Waals surface area contributed by atoms with Gasteiger partial charge < -0.3 is 14.4 Å². The van der Waals surface area contributed by atoms with Gasteiger partial charge in [0.05, 0.1) is 23.3 Å². The van der Waals surface area contributed by atoms with E-state index >= 15 is 0 Å². The Kier molecular flexibility index (Phi) is 7.09. The Balaban J connectivity index is 1.40. The van der Waals surface area contributed by atoms with E-state index in [-0.39, 0.29) is 21.7 Å². The molecule has 0 radical (unpaired) electrons. The van der Waals surface area contributed by atoms with Gasteiger partial charge in [0.2, 0.25) is 0 Å². The second-order valence-corrected chi connectivity index (χ2v) is 10.8. The summed E-state index contributed by atoms with van der Waals surface area (Å²) < 4.78 is 38.4. The van der Waals surface area contributed by atoms with E-state index in [0.29, 0.717) is 11.4 Å². The molecule has 192 valence electrons. The van der Waals surface area contributed by atoms with Crippen LogP contribution in [0.1, 0.15) is 29.8 Å². The summed E-state index contributed by atoms with van der Waals surface area (Å²) in [6, 6.07) is 19.8. The number of esters is 1. The molecule has 0 spiro atoms. The third-order valence-corrected chi connectivity index (χ3v) is 7.72. The van der Waals surface area contributed by atoms with Crippen LogP contribution < -0.4 is 14.4 Å². The summed E-state index contributed by atoms with van der Waals surface area (Å²) in [5.41, 5.74) is 3.00. The number of hydrogen-bond donors (Lipinski definition) is 1. The molecule has 1 aliphatic heterocycles. The number of carbonyl (C=O) groups is 2. The Morgan fingerprint density at radius 1 is 0.973 bits per heavy atom. The van der Waals surface area contributed by atoms with Gasteiger partial charge in [0.25, 0.3) is 10.0 Å². The molecule has 0 atom stereocenters. The highest BCUT2D eigenvalue weighted by Crippen LogP contribution is 2.46. The van der Waals surface area contributed by atoms with Gasteiger partial charge in [-0.3, -0.25) is 9.52 Å². The van der Waals surface area contributed by atoms with Crippen LogP contribution in [0.3, 0.4) is 0 Å². The smallest absolute Gasteiger partial charge is 0.338 e. The summed E-state index contributed by atoms with van der Waals surface area (Å²) in [5.74, 6) is -0.700. The van der Waals surface area contributed by atoms with Crippen LogP contribution in [0.15, 0.2) is 89.5 Å². The van der Waals surface area contributed by atoms with Crippen molar-refractivity contribution in [2.24, 2.45) is 0 Å². The lowest BCUT2D eigenvalue weighted by Crippen LogP contribution is -2.25. The molecule has 1 aliphatic rings. The molecular weight excluding hydrogens is 492 g/mol. The van der Waals surface area contributed by atoms with E-state index in [1.165, 1.54) is 37.5 Å². The van der Waals surface area contributed by atoms with E-state index in [0.717, 1.165) is 16.9 Å². The number of hydrogen-bond acceptors (Lipinski definition) is 7. The third-order valence-electron chi connectivity index (χ3n) is 6.34. The lowest BCUT2D eigenvalue weighted by molar-refractivity contribution is -0.117. The van der Waals surface area contributed by atoms with Gasteiger partial charge in [0.1, 0.15) is 5.75 Å². The first-order valence-electron chi connectivity index (χ1n) is 11.6. The van der Waals surface area contributed by atoms with Gasteiger partial charge in [0.15, 0.2) is 12.4 Å². The summed E-state index contributed by atoms with van der Waals surface area (Å²) >= 11 is 0. The number of fused-ring (bicyclic) bond motifs is 1. The Morgan fingerprint density at radius 3 is 2.30 bits per heavy atom. The van der Waals surface area contributed by atoms with Crippen LogP contribution in [-0.2, 0) is 25.0 Å². The van der Waals surface area contributed by atoms with Gasteiger partial charge in [-0.05, 0) is 48.0 Å². The molecule has 1 N–H and O–H groups in total. The fraction of sp³-hybridized carbons (Fsp3) is 0.214. The predicted octanol–water partition coefficient (Wildman–Crippen LogP) is 4.53. The fourth-order valence-corrected chi connectivity index (χ4v) is 5.45. The average molecular weight is 521 g/mol. The van der Waals surface area contributed by atoms with E-state index < -0.39 is 22.6 Å². The van der Waals surface area contributed by atoms with Crippen LogP contribution in [0.4, 0.5) is 11.4 Å². The zero-order chi connectivity index (χ0) is 26.8. The quantitative estimate of drug-likeness (QED) is 0.344. The van der Waals surface area contributed by atoms with E-state index in [1.54, 1.807) is 24.3 Å². The first kappa shape index (κ1) is 26.0. The first-order chi connectivity index (χ1) is 17.5. The molecule has 3 aromatic rings. The molecule has 0 fully saturated rings. The molecule has 0 unspecified atom stereocenters. The van der Waals surface area contributed by atoms with Crippen molar-refractivity contribution < 1.29 is 27.5 Å². The van der Waals surface area contributed by atoms with Crippen molar-refractivity contribution in [3.63, 3.8) is 0 Å². The summed E-state index contributed by atoms with van der Waals surface area (Å²) in [6.07, 6.45) is 1.51. The SMILES string of the molecule is COc1ccccc1NS(=O)(=O)c1ccc(C(=O)OCC(=O)C=C2N(C)c3ccccc3C2(C)C)cc1. The normalized spacial score (nSPS) is 15.2. The molecule has 4 rings (SSSR count). The number of para-hydroxylation sites is 3. The molecule has 0 amide bonds. The molecule has 3 aromatic carbocycles. The molecule has 0 saturated heterocycles. The Bertz CT molecular complexity index is 1480. The maximum Gasteiger partial charge on any atom is 0.338 e. The number of nitrogens with one attached hydrogen (secondary N) is 1. The van der Waals surface area contributed by atoms with Gasteiger partial charge in [-0.15, -0.1) is 0 Å². The van der Waals surface area contributed by atoms with E-state index in [1.807, 2.05) is 50.1 Å². The summed E-state index contributed by atoms with van der Waals surface area (Å²) in [6.45, 7) is 3.65. The van der Waals surface area contributed by atoms with Crippen LogP contribution in [0.2, 0.25) is 0 Å². The van der Waals surface area contributed by atoms with Crippen molar-refractivity contribution in [1.82, 2.24) is 0 Å². The number of rotatable bonds is 8. The summed E-state index contributed by atoms with van der Waals surface area (Å²) in [7, 11) is -0.570. The molecule has 8 nitrogen and oxygen atoms in total. The number of ether oxygens (including phenoxy) is 2. The van der Waals surface area contributed by atoms with Crippen molar-refractivity contribution in [3.8, 4) is 5.75 Å². The zero-order valence-electron chi connectivity index (χ0n) is 21.0. The van der Waals surface area contributed by atoms with E-state index in [4.69, 9.17) is 9.47 Å². The number of nitrogens with zero attached hydrogens (tertiary/aromatic N) is 1. The Hall–Kier alpha value is -4.11. The molecular formula is C28H28N2O6S. The van der Waals surface area contributed by atoms with Gasteiger partial charge in [0, 0.05) is 29.9 Å². The Labute approximate surface area is 216 Å². The van der Waals surface area contributed by atoms with Crippen LogP contribution >= 0.6 is 0 Å². The summed E-state index contributed by atoms with van der Waals surface area (Å²) in [4.78, 5) is 27.1. The van der Waals surface area contributed by atoms with Crippen molar-refractivity contribution >= 4 is 33.2 Å². The molecule has 0 bridgehead atoms. The van der Waals surface area contributed by atoms with E-state index in [9.17, 15) is 18.0 Å². The van der Waals surface area contributed by atoms with Gasteiger partial charge in [-0.2, -0.15) is 0 Å². The highest BCUT2D eigenvalue weighted by Gasteiger charge is 2.38. The Morgan fingerprint density at radius 2 is 1.62 bits per heavy atom. The number of ketones is 1. The van der Waals surface area contributed by atoms with Gasteiger partial charge in [-0.1, -0.05) is 44.2 Å². The number of carbonyl (C=O) groups excluding carboxylic acids is 2. The molecule has 1 heterocycles. The average Bonchev–Trinajstić information content (AvgIpc) is 3.08. The number of benzene rings is 3. The monoisotopic (exact) mass is 520 g/mol. The van der Waals surface area contributed by atoms with Crippen LogP contribution in [0, 0.1) is 0 Å². The molecule has 37 heavy (non-hydrogen) atoms. The van der Waals surface area contributed by atoms with Crippen LogP contribution in [-0.4, -0.2) is 40.9 Å². The van der Waals surface area contributed by atoms with Crippen molar-refractivity contribution in [3.05, 3.63) is 95.7 Å². The summed E-state index contributed by atoms with van der Waals surface area (Å²) in [5, 5.41) is 0. The van der Waals surface area contributed by atoms with Gasteiger partial charge >= 0.3 is 5.97 Å². The number of methoxy groups -OCH3 is 1. The number of allylic oxidation sites excluding steroid dienone is 1. The van der Waals surface area contributed by atoms with Crippen molar-refractivity contribution in [1.29, 1.82) is 0 Å². The minimum Gasteiger partial charge on any atom is -0.495 e. The number of anilines is 2. The minimum absolute atomic E-state index is 0.0400. The largest absolute Gasteiger partial charge is 0.495 e. The standard InChI is InChI=1S/C28H28N2O6S/c1-28(2)22-9-5-7-11-24(22)30(3)26(28)17-20(31)18-36-27(32)19-13-15-21(16-14-19)37(33,34)29-23-10-6-8-12-25(23)35-4/h5-17,29H,18H2,1-4H3. The zero-order valence-corrected chi connectivity index (χ0v) is 21.8. The maximum absolute atomic E-state index is 12.8. The molecule has 0 aliphatic carbocycles. The van der Waals surface area contributed by atoms with Crippen molar-refractivity contribution in [2.45, 2.75) is 24.2 Å².